The third kappa shape index (κ3) is 2.80. The van der Waals surface area contributed by atoms with Crippen LogP contribution in [-0.4, -0.2) is 15.8 Å². The molecule has 2 rings (SSSR count). The molecule has 0 spiro atoms. The van der Waals surface area contributed by atoms with E-state index < -0.39 is 0 Å². The van der Waals surface area contributed by atoms with Gasteiger partial charge in [-0.05, 0) is 59.9 Å². The molecular formula is C14H24BrN3. The van der Waals surface area contributed by atoms with E-state index in [2.05, 4.69) is 34.9 Å². The molecule has 1 heterocycles. The summed E-state index contributed by atoms with van der Waals surface area (Å²) in [5, 5.41) is 4.57. The molecule has 2 N–H and O–H groups in total. The van der Waals surface area contributed by atoms with Crippen LogP contribution in [0.15, 0.2) is 4.47 Å². The predicted octanol–water partition coefficient (Wildman–Crippen LogP) is 3.05. The minimum Gasteiger partial charge on any atom is -0.327 e. The lowest BCUT2D eigenvalue weighted by atomic mass is 9.77. The molecule has 1 aromatic heterocycles. The molecular weight excluding hydrogens is 290 g/mol. The molecule has 0 bridgehead atoms. The first-order valence-corrected chi connectivity index (χ1v) is 7.78. The summed E-state index contributed by atoms with van der Waals surface area (Å²) >= 11 is 3.70. The van der Waals surface area contributed by atoms with Crippen LogP contribution in [0, 0.1) is 11.8 Å². The fourth-order valence-electron chi connectivity index (χ4n) is 3.05. The van der Waals surface area contributed by atoms with Crippen molar-refractivity contribution >= 4 is 15.9 Å². The van der Waals surface area contributed by atoms with Crippen molar-refractivity contribution < 1.29 is 0 Å². The average Bonchev–Trinajstić information content (AvgIpc) is 2.61. The topological polar surface area (TPSA) is 43.8 Å². The van der Waals surface area contributed by atoms with Gasteiger partial charge in [0.2, 0.25) is 0 Å². The zero-order chi connectivity index (χ0) is 13.3. The first-order valence-electron chi connectivity index (χ1n) is 6.98. The van der Waals surface area contributed by atoms with Gasteiger partial charge >= 0.3 is 0 Å². The van der Waals surface area contributed by atoms with Crippen LogP contribution in [0.5, 0.6) is 0 Å². The molecule has 0 radical (unpaired) electrons. The number of hydrogen-bond donors (Lipinski definition) is 1. The van der Waals surface area contributed by atoms with Crippen LogP contribution in [0.3, 0.4) is 0 Å². The SMILES string of the molecule is CCc1nn(C)c(CC2CC(C)CCC2N)c1Br. The quantitative estimate of drug-likeness (QED) is 0.932. The van der Waals surface area contributed by atoms with Crippen LogP contribution in [0.2, 0.25) is 0 Å². The Hall–Kier alpha value is -0.350. The molecule has 1 aromatic rings. The molecule has 102 valence electrons. The number of rotatable bonds is 3. The van der Waals surface area contributed by atoms with Crippen LogP contribution in [0.25, 0.3) is 0 Å². The Morgan fingerprint density at radius 3 is 2.78 bits per heavy atom. The van der Waals surface area contributed by atoms with Gasteiger partial charge in [-0.25, -0.2) is 0 Å². The minimum absolute atomic E-state index is 0.355. The molecule has 0 saturated heterocycles. The van der Waals surface area contributed by atoms with Crippen molar-refractivity contribution in [3.05, 3.63) is 15.9 Å². The van der Waals surface area contributed by atoms with Crippen LogP contribution >= 0.6 is 15.9 Å². The van der Waals surface area contributed by atoms with E-state index in [1.165, 1.54) is 29.4 Å². The summed E-state index contributed by atoms with van der Waals surface area (Å²) in [4.78, 5) is 0. The predicted molar refractivity (Wildman–Crippen MR) is 78.5 cm³/mol. The maximum absolute atomic E-state index is 6.28. The maximum Gasteiger partial charge on any atom is 0.0766 e. The molecule has 4 heteroatoms. The molecule has 3 atom stereocenters. The van der Waals surface area contributed by atoms with Gasteiger partial charge in [-0.15, -0.1) is 0 Å². The molecule has 1 saturated carbocycles. The second-order valence-electron chi connectivity index (χ2n) is 5.73. The van der Waals surface area contributed by atoms with Crippen molar-refractivity contribution in [1.82, 2.24) is 9.78 Å². The van der Waals surface area contributed by atoms with Gasteiger partial charge in [-0.2, -0.15) is 5.10 Å². The Morgan fingerprint density at radius 1 is 1.44 bits per heavy atom. The highest BCUT2D eigenvalue weighted by atomic mass is 79.9. The summed E-state index contributed by atoms with van der Waals surface area (Å²) in [6, 6.07) is 0.355. The van der Waals surface area contributed by atoms with Gasteiger partial charge in [0, 0.05) is 13.1 Å². The summed E-state index contributed by atoms with van der Waals surface area (Å²) in [5.41, 5.74) is 8.75. The number of nitrogens with two attached hydrogens (primary N) is 1. The smallest absolute Gasteiger partial charge is 0.0766 e. The normalized spacial score (nSPS) is 28.6. The lowest BCUT2D eigenvalue weighted by Crippen LogP contribution is -2.37. The van der Waals surface area contributed by atoms with Crippen molar-refractivity contribution in [2.24, 2.45) is 24.6 Å². The van der Waals surface area contributed by atoms with Gasteiger partial charge in [-0.3, -0.25) is 4.68 Å². The Labute approximate surface area is 118 Å². The van der Waals surface area contributed by atoms with Crippen LogP contribution < -0.4 is 5.73 Å². The van der Waals surface area contributed by atoms with Crippen LogP contribution in [-0.2, 0) is 19.9 Å². The van der Waals surface area contributed by atoms with E-state index in [0.29, 0.717) is 12.0 Å². The fourth-order valence-corrected chi connectivity index (χ4v) is 3.82. The van der Waals surface area contributed by atoms with Gasteiger partial charge in [0.1, 0.15) is 0 Å². The summed E-state index contributed by atoms with van der Waals surface area (Å²) in [6.45, 7) is 4.49. The highest BCUT2D eigenvalue weighted by Gasteiger charge is 2.28. The average molecular weight is 314 g/mol. The van der Waals surface area contributed by atoms with Gasteiger partial charge in [0.05, 0.1) is 15.9 Å². The third-order valence-corrected chi connectivity index (χ3v) is 5.18. The fraction of sp³-hybridized carbons (Fsp3) is 0.786. The Balaban J connectivity index is 2.15. The molecule has 1 fully saturated rings. The summed E-state index contributed by atoms with van der Waals surface area (Å²) in [7, 11) is 2.04. The number of hydrogen-bond acceptors (Lipinski definition) is 2. The van der Waals surface area contributed by atoms with E-state index in [4.69, 9.17) is 5.73 Å². The third-order valence-electron chi connectivity index (χ3n) is 4.26. The maximum atomic E-state index is 6.28. The van der Waals surface area contributed by atoms with E-state index >= 15 is 0 Å². The molecule has 1 aliphatic carbocycles. The van der Waals surface area contributed by atoms with E-state index in [1.807, 2.05) is 11.7 Å². The Kier molecular flexibility index (Phi) is 4.49. The zero-order valence-electron chi connectivity index (χ0n) is 11.6. The van der Waals surface area contributed by atoms with E-state index in [0.717, 1.165) is 24.5 Å². The first-order chi connectivity index (χ1) is 8.52. The van der Waals surface area contributed by atoms with Crippen molar-refractivity contribution in [2.45, 2.75) is 52.0 Å². The lowest BCUT2D eigenvalue weighted by Gasteiger charge is -2.32. The summed E-state index contributed by atoms with van der Waals surface area (Å²) in [5.74, 6) is 1.41. The second-order valence-corrected chi connectivity index (χ2v) is 6.52. The molecule has 0 aromatic carbocycles. The van der Waals surface area contributed by atoms with Gasteiger partial charge in [-0.1, -0.05) is 13.8 Å². The lowest BCUT2D eigenvalue weighted by molar-refractivity contribution is 0.241. The monoisotopic (exact) mass is 313 g/mol. The van der Waals surface area contributed by atoms with Crippen molar-refractivity contribution in [3.63, 3.8) is 0 Å². The molecule has 1 aliphatic rings. The number of aryl methyl sites for hydroxylation is 2. The Bertz CT molecular complexity index is 413. The molecule has 0 amide bonds. The number of halogens is 1. The molecule has 18 heavy (non-hydrogen) atoms. The van der Waals surface area contributed by atoms with Gasteiger partial charge < -0.3 is 5.73 Å². The van der Waals surface area contributed by atoms with Gasteiger partial charge in [0.15, 0.2) is 0 Å². The Morgan fingerprint density at radius 2 is 2.17 bits per heavy atom. The zero-order valence-corrected chi connectivity index (χ0v) is 13.2. The van der Waals surface area contributed by atoms with E-state index in [9.17, 15) is 0 Å². The highest BCUT2D eigenvalue weighted by molar-refractivity contribution is 9.10. The van der Waals surface area contributed by atoms with Crippen molar-refractivity contribution in [3.8, 4) is 0 Å². The van der Waals surface area contributed by atoms with Crippen molar-refractivity contribution in [2.75, 3.05) is 0 Å². The standard InChI is InChI=1S/C14H24BrN3/c1-4-12-14(15)13(18(3)17-12)8-10-7-9(2)5-6-11(10)16/h9-11H,4-8,16H2,1-3H3. The number of nitrogens with zero attached hydrogens (tertiary/aromatic N) is 2. The first kappa shape index (κ1) is 14.1. The highest BCUT2D eigenvalue weighted by Crippen LogP contribution is 2.32. The van der Waals surface area contributed by atoms with E-state index in [1.54, 1.807) is 0 Å². The van der Waals surface area contributed by atoms with E-state index in [-0.39, 0.29) is 0 Å². The summed E-state index contributed by atoms with van der Waals surface area (Å²) < 4.78 is 3.22. The molecule has 0 aliphatic heterocycles. The van der Waals surface area contributed by atoms with Crippen LogP contribution in [0.1, 0.15) is 44.5 Å². The largest absolute Gasteiger partial charge is 0.327 e. The molecule has 3 nitrogen and oxygen atoms in total. The van der Waals surface area contributed by atoms with Crippen molar-refractivity contribution in [1.29, 1.82) is 0 Å². The number of aromatic nitrogens is 2. The minimum atomic E-state index is 0.355. The van der Waals surface area contributed by atoms with Gasteiger partial charge in [0.25, 0.3) is 0 Å². The summed E-state index contributed by atoms with van der Waals surface area (Å²) in [6.07, 6.45) is 5.73. The molecule has 3 unspecified atom stereocenters. The van der Waals surface area contributed by atoms with Crippen LogP contribution in [0.4, 0.5) is 0 Å². The second kappa shape index (κ2) is 5.74.